The Labute approximate surface area is 350 Å². The molecule has 0 spiro atoms. The monoisotopic (exact) mass is 830 g/mol. The number of esters is 5. The van der Waals surface area contributed by atoms with Gasteiger partial charge in [-0.3, -0.25) is 0 Å². The van der Waals surface area contributed by atoms with Crippen LogP contribution >= 0.6 is 0 Å². The highest BCUT2D eigenvalue weighted by Gasteiger charge is 2.56. The van der Waals surface area contributed by atoms with Crippen LogP contribution in [0, 0.1) is 0 Å². The van der Waals surface area contributed by atoms with Gasteiger partial charge in [0.2, 0.25) is 0 Å². The average Bonchev–Trinajstić information content (AvgIpc) is 3.29. The molecule has 1 N–H and O–H groups in total. The number of rotatable bonds is 12. The molecule has 0 aromatic heterocycles. The molecular weight excluding hydrogens is 789 g/mol. The largest absolute Gasteiger partial charge is 0.452 e. The zero-order valence-corrected chi connectivity index (χ0v) is 33.0. The van der Waals surface area contributed by atoms with Crippen LogP contribution in [0.2, 0.25) is 0 Å². The lowest BCUT2D eigenvalue weighted by atomic mass is 9.96. The molecule has 0 saturated carbocycles. The molecular formula is C47H42O14. The molecule has 14 nitrogen and oxygen atoms in total. The molecule has 0 radical (unpaired) electrons. The van der Waals surface area contributed by atoms with Crippen molar-refractivity contribution in [1.29, 1.82) is 0 Å². The summed E-state index contributed by atoms with van der Waals surface area (Å²) >= 11 is 0. The van der Waals surface area contributed by atoms with Crippen molar-refractivity contribution in [1.82, 2.24) is 0 Å². The summed E-state index contributed by atoms with van der Waals surface area (Å²) in [6.45, 7) is 3.03. The molecule has 2 fully saturated rings. The zero-order valence-electron chi connectivity index (χ0n) is 33.0. The summed E-state index contributed by atoms with van der Waals surface area (Å²) in [7, 11) is 0. The number of hydrogen-bond donors (Lipinski definition) is 1. The van der Waals surface area contributed by atoms with Gasteiger partial charge in [-0.05, 0) is 74.5 Å². The molecule has 0 unspecified atom stereocenters. The highest BCUT2D eigenvalue weighted by atomic mass is 16.8. The van der Waals surface area contributed by atoms with Gasteiger partial charge in [-0.15, -0.1) is 0 Å². The minimum atomic E-state index is -1.86. The zero-order chi connectivity index (χ0) is 42.9. The Morgan fingerprint density at radius 1 is 0.377 bits per heavy atom. The minimum Gasteiger partial charge on any atom is -0.452 e. The van der Waals surface area contributed by atoms with Gasteiger partial charge in [0.15, 0.2) is 49.2 Å². The van der Waals surface area contributed by atoms with Crippen LogP contribution in [0.1, 0.15) is 65.6 Å². The van der Waals surface area contributed by atoms with Gasteiger partial charge in [0.25, 0.3) is 0 Å². The predicted octanol–water partition coefficient (Wildman–Crippen LogP) is 5.98. The lowest BCUT2D eigenvalue weighted by Gasteiger charge is -2.47. The van der Waals surface area contributed by atoms with Crippen LogP contribution in [0.5, 0.6) is 0 Å². The Morgan fingerprint density at radius 3 is 0.967 bits per heavy atom. The van der Waals surface area contributed by atoms with Crippen LogP contribution in [-0.4, -0.2) is 96.4 Å². The van der Waals surface area contributed by atoms with E-state index in [-0.39, 0.29) is 27.8 Å². The first-order valence-electron chi connectivity index (χ1n) is 19.5. The fourth-order valence-electron chi connectivity index (χ4n) is 6.92. The summed E-state index contributed by atoms with van der Waals surface area (Å²) in [6.07, 6.45) is -15.2. The smallest absolute Gasteiger partial charge is 0.338 e. The second-order valence-corrected chi connectivity index (χ2v) is 14.2. The summed E-state index contributed by atoms with van der Waals surface area (Å²) in [5, 5.41) is 11.6. The molecule has 14 heteroatoms. The van der Waals surface area contributed by atoms with Crippen molar-refractivity contribution >= 4 is 29.8 Å². The van der Waals surface area contributed by atoms with Gasteiger partial charge in [-0.25, -0.2) is 24.0 Å². The Hall–Kier alpha value is -6.71. The number of carbonyl (C=O) groups is 5. The van der Waals surface area contributed by atoms with Crippen LogP contribution in [0.3, 0.4) is 0 Å². The molecule has 2 heterocycles. The second kappa shape index (κ2) is 19.6. The van der Waals surface area contributed by atoms with E-state index < -0.39 is 91.3 Å². The Balaban J connectivity index is 1.28. The first kappa shape index (κ1) is 42.4. The molecule has 0 bridgehead atoms. The third-order valence-corrected chi connectivity index (χ3v) is 10.0. The summed E-state index contributed by atoms with van der Waals surface area (Å²) in [6, 6.07) is 40.0. The van der Waals surface area contributed by atoms with Crippen molar-refractivity contribution in [3.63, 3.8) is 0 Å². The van der Waals surface area contributed by atoms with Crippen LogP contribution in [0.4, 0.5) is 0 Å². The number of aliphatic hydroxyl groups excluding tert-OH is 1. The number of aliphatic hydroxyl groups is 1. The molecule has 2 saturated heterocycles. The van der Waals surface area contributed by atoms with Gasteiger partial charge < -0.3 is 43.0 Å². The van der Waals surface area contributed by atoms with Crippen LogP contribution in [0.25, 0.3) is 0 Å². The first-order chi connectivity index (χ1) is 29.6. The summed E-state index contributed by atoms with van der Waals surface area (Å²) in [5.41, 5.74) is 0.721. The Morgan fingerprint density at radius 2 is 0.639 bits per heavy atom. The molecule has 2 aliphatic heterocycles. The predicted molar refractivity (Wildman–Crippen MR) is 214 cm³/mol. The molecule has 2 aliphatic rings. The summed E-state index contributed by atoms with van der Waals surface area (Å²) < 4.78 is 48.7. The van der Waals surface area contributed by atoms with E-state index in [1.54, 1.807) is 91.0 Å². The van der Waals surface area contributed by atoms with Crippen molar-refractivity contribution in [2.45, 2.75) is 75.3 Å². The first-order valence-corrected chi connectivity index (χ1v) is 19.5. The van der Waals surface area contributed by atoms with Gasteiger partial charge in [0.05, 0.1) is 40.0 Å². The molecule has 0 amide bonds. The van der Waals surface area contributed by atoms with E-state index >= 15 is 0 Å². The van der Waals surface area contributed by atoms with Crippen LogP contribution < -0.4 is 0 Å². The van der Waals surface area contributed by atoms with Crippen molar-refractivity contribution in [3.05, 3.63) is 179 Å². The fraction of sp³-hybridized carbons (Fsp3) is 0.255. The molecule has 61 heavy (non-hydrogen) atoms. The summed E-state index contributed by atoms with van der Waals surface area (Å²) in [4.78, 5) is 68.5. The second-order valence-electron chi connectivity index (χ2n) is 14.2. The molecule has 10 atom stereocenters. The normalized spacial score (nSPS) is 25.9. The van der Waals surface area contributed by atoms with Crippen LogP contribution in [-0.2, 0) is 37.9 Å². The number of hydrogen-bond acceptors (Lipinski definition) is 14. The van der Waals surface area contributed by atoms with Crippen molar-refractivity contribution in [3.8, 4) is 0 Å². The fourth-order valence-corrected chi connectivity index (χ4v) is 6.92. The van der Waals surface area contributed by atoms with Crippen molar-refractivity contribution < 1.29 is 67.0 Å². The standard InChI is InChI=1S/C47H42O14/c1-28-35(56-41(48)30-18-8-3-9-19-30)37(58-43(50)32-22-12-5-13-23-32)39(46(53)54-28)61-47-40(60-45(52)34-26-16-7-17-27-34)38(59-44(51)33-24-14-6-15-25-33)36(29(2)55-47)57-42(49)31-20-10-4-11-21-31/h3-29,35-40,46-47,53H,1-2H3/t28-,29-,35-,36-,37+,38+,39-,40+,46-,47-/m0/s1. The van der Waals surface area contributed by atoms with E-state index in [0.29, 0.717) is 0 Å². The number of carbonyl (C=O) groups excluding carboxylic acids is 5. The van der Waals surface area contributed by atoms with Crippen LogP contribution in [0.15, 0.2) is 152 Å². The highest BCUT2D eigenvalue weighted by Crippen LogP contribution is 2.35. The lowest BCUT2D eigenvalue weighted by Crippen LogP contribution is -2.65. The topological polar surface area (TPSA) is 179 Å². The van der Waals surface area contributed by atoms with E-state index in [1.807, 2.05) is 0 Å². The average molecular weight is 831 g/mol. The van der Waals surface area contributed by atoms with E-state index in [0.717, 1.165) is 0 Å². The number of ether oxygens (including phenoxy) is 8. The van der Waals surface area contributed by atoms with E-state index in [1.165, 1.54) is 74.5 Å². The van der Waals surface area contributed by atoms with E-state index in [9.17, 15) is 29.1 Å². The lowest BCUT2D eigenvalue weighted by molar-refractivity contribution is -0.353. The molecule has 5 aromatic rings. The molecule has 314 valence electrons. The quantitative estimate of drug-likeness (QED) is 0.115. The number of benzene rings is 5. The maximum Gasteiger partial charge on any atom is 0.338 e. The summed E-state index contributed by atoms with van der Waals surface area (Å²) in [5.74, 6) is -4.20. The van der Waals surface area contributed by atoms with E-state index in [4.69, 9.17) is 37.9 Å². The molecule has 0 aliphatic carbocycles. The maximum absolute atomic E-state index is 13.9. The molecule has 5 aromatic carbocycles. The Bertz CT molecular complexity index is 2260. The van der Waals surface area contributed by atoms with E-state index in [2.05, 4.69) is 0 Å². The van der Waals surface area contributed by atoms with Gasteiger partial charge in [-0.1, -0.05) is 91.0 Å². The van der Waals surface area contributed by atoms with Gasteiger partial charge in [0.1, 0.15) is 0 Å². The molecule has 7 rings (SSSR count). The SMILES string of the molecule is C[C@@H]1O[C@@H](O[C@H]2[C@H](OC(=O)c3ccccc3)[C@@H](OC(=O)c3ccccc3)[C@H](C)O[C@@H]2O)[C@H](OC(=O)c2ccccc2)[C@H](OC(=O)c2ccccc2)[C@H]1OC(=O)c1ccccc1. The maximum atomic E-state index is 13.9. The Kier molecular flexibility index (Phi) is 13.6. The highest BCUT2D eigenvalue weighted by molar-refractivity contribution is 5.92. The third-order valence-electron chi connectivity index (χ3n) is 10.0. The van der Waals surface area contributed by atoms with Crippen molar-refractivity contribution in [2.24, 2.45) is 0 Å². The minimum absolute atomic E-state index is 0.100. The van der Waals surface area contributed by atoms with Crippen molar-refractivity contribution in [2.75, 3.05) is 0 Å². The third kappa shape index (κ3) is 10.2. The van der Waals surface area contributed by atoms with Gasteiger partial charge in [0, 0.05) is 0 Å². The van der Waals surface area contributed by atoms with Gasteiger partial charge in [-0.2, -0.15) is 0 Å². The van der Waals surface area contributed by atoms with Gasteiger partial charge >= 0.3 is 29.8 Å².